The average Bonchev–Trinajstić information content (AvgIpc) is 2.72. The Hall–Kier alpha value is -1.75. The summed E-state index contributed by atoms with van der Waals surface area (Å²) in [6.07, 6.45) is 3.91. The number of likely N-dealkylation sites (tertiary alicyclic amines) is 1. The largest absolute Gasteiger partial charge is 0.493 e. The van der Waals surface area contributed by atoms with Crippen molar-refractivity contribution in [3.8, 4) is 11.5 Å². The van der Waals surface area contributed by atoms with E-state index in [-0.39, 0.29) is 35.8 Å². The summed E-state index contributed by atoms with van der Waals surface area (Å²) in [4.78, 5) is 17.9. The number of primary amides is 1. The SMILES string of the molecule is CN=C(NCCCCN1CCC(C(N)=O)CC1)Nc1ccc(OC)c(OC)c1.I. The Labute approximate surface area is 190 Å². The second-order valence-electron chi connectivity index (χ2n) is 6.92. The topological polar surface area (TPSA) is 101 Å². The van der Waals surface area contributed by atoms with E-state index in [1.54, 1.807) is 21.3 Å². The molecule has 9 heteroatoms. The first-order valence-corrected chi connectivity index (χ1v) is 9.78. The molecule has 1 saturated heterocycles. The Kier molecular flexibility index (Phi) is 11.7. The zero-order valence-corrected chi connectivity index (χ0v) is 19.9. The number of guanidine groups is 1. The van der Waals surface area contributed by atoms with Crippen LogP contribution in [0.15, 0.2) is 23.2 Å². The Morgan fingerprint density at radius 1 is 1.21 bits per heavy atom. The fourth-order valence-corrected chi connectivity index (χ4v) is 3.34. The third-order valence-electron chi connectivity index (χ3n) is 5.05. The second-order valence-corrected chi connectivity index (χ2v) is 6.92. The van der Waals surface area contributed by atoms with Gasteiger partial charge in [-0.3, -0.25) is 9.79 Å². The van der Waals surface area contributed by atoms with Gasteiger partial charge in [-0.25, -0.2) is 0 Å². The number of aliphatic imine (C=N–C) groups is 1. The van der Waals surface area contributed by atoms with Crippen molar-refractivity contribution >= 4 is 41.5 Å². The lowest BCUT2D eigenvalue weighted by molar-refractivity contribution is -0.123. The molecule has 29 heavy (non-hydrogen) atoms. The third kappa shape index (κ3) is 8.25. The summed E-state index contributed by atoms with van der Waals surface area (Å²) in [5, 5.41) is 6.59. The minimum absolute atomic E-state index is 0. The Morgan fingerprint density at radius 3 is 2.48 bits per heavy atom. The van der Waals surface area contributed by atoms with Gasteiger partial charge in [0.2, 0.25) is 5.91 Å². The van der Waals surface area contributed by atoms with Gasteiger partial charge in [0, 0.05) is 31.3 Å². The van der Waals surface area contributed by atoms with Crippen LogP contribution < -0.4 is 25.8 Å². The van der Waals surface area contributed by atoms with E-state index < -0.39 is 0 Å². The van der Waals surface area contributed by atoms with Crippen LogP contribution in [-0.4, -0.2) is 64.2 Å². The average molecular weight is 519 g/mol. The number of anilines is 1. The molecule has 2 rings (SSSR count). The summed E-state index contributed by atoms with van der Waals surface area (Å²) in [6, 6.07) is 5.65. The van der Waals surface area contributed by atoms with E-state index in [4.69, 9.17) is 15.2 Å². The number of nitrogens with two attached hydrogens (primary N) is 1. The molecule has 1 amide bonds. The van der Waals surface area contributed by atoms with Gasteiger partial charge in [-0.15, -0.1) is 24.0 Å². The van der Waals surface area contributed by atoms with Crippen LogP contribution >= 0.6 is 24.0 Å². The maximum Gasteiger partial charge on any atom is 0.220 e. The number of methoxy groups -OCH3 is 2. The molecule has 0 unspecified atom stereocenters. The molecule has 0 bridgehead atoms. The first-order valence-electron chi connectivity index (χ1n) is 9.78. The van der Waals surface area contributed by atoms with Crippen LogP contribution in [0.5, 0.6) is 11.5 Å². The fraction of sp³-hybridized carbons (Fsp3) is 0.600. The molecule has 1 aliphatic rings. The van der Waals surface area contributed by atoms with Gasteiger partial charge in [-0.1, -0.05) is 0 Å². The van der Waals surface area contributed by atoms with Crippen LogP contribution in [0, 0.1) is 5.92 Å². The van der Waals surface area contributed by atoms with Crippen molar-refractivity contribution in [3.05, 3.63) is 18.2 Å². The number of rotatable bonds is 9. The molecule has 164 valence electrons. The van der Waals surface area contributed by atoms with E-state index in [0.29, 0.717) is 11.5 Å². The van der Waals surface area contributed by atoms with Crippen molar-refractivity contribution in [1.82, 2.24) is 10.2 Å². The lowest BCUT2D eigenvalue weighted by atomic mass is 9.96. The van der Waals surface area contributed by atoms with Gasteiger partial charge in [0.15, 0.2) is 17.5 Å². The molecule has 1 aromatic carbocycles. The predicted octanol–water partition coefficient (Wildman–Crippen LogP) is 2.29. The highest BCUT2D eigenvalue weighted by Gasteiger charge is 2.22. The zero-order chi connectivity index (χ0) is 20.4. The van der Waals surface area contributed by atoms with Crippen LogP contribution in [0.2, 0.25) is 0 Å². The van der Waals surface area contributed by atoms with Crippen molar-refractivity contribution in [1.29, 1.82) is 0 Å². The molecule has 4 N–H and O–H groups in total. The Bertz CT molecular complexity index is 664. The van der Waals surface area contributed by atoms with E-state index in [2.05, 4.69) is 20.5 Å². The van der Waals surface area contributed by atoms with Gasteiger partial charge < -0.3 is 30.7 Å². The van der Waals surface area contributed by atoms with Gasteiger partial charge in [0.1, 0.15) is 0 Å². The summed E-state index contributed by atoms with van der Waals surface area (Å²) in [6.45, 7) is 3.81. The van der Waals surface area contributed by atoms with Crippen LogP contribution in [0.1, 0.15) is 25.7 Å². The van der Waals surface area contributed by atoms with Crippen molar-refractivity contribution in [3.63, 3.8) is 0 Å². The number of hydrogen-bond acceptors (Lipinski definition) is 5. The maximum atomic E-state index is 11.2. The van der Waals surface area contributed by atoms with E-state index in [9.17, 15) is 4.79 Å². The highest BCUT2D eigenvalue weighted by atomic mass is 127. The molecule has 0 aromatic heterocycles. The van der Waals surface area contributed by atoms with Crippen molar-refractivity contribution in [2.75, 3.05) is 52.8 Å². The molecule has 0 aliphatic carbocycles. The van der Waals surface area contributed by atoms with Crippen LogP contribution in [0.25, 0.3) is 0 Å². The first kappa shape index (κ1) is 25.3. The molecular weight excluding hydrogens is 485 g/mol. The number of amides is 1. The summed E-state index contributed by atoms with van der Waals surface area (Å²) in [5.74, 6) is 1.98. The molecule has 0 spiro atoms. The number of nitrogens with zero attached hydrogens (tertiary/aromatic N) is 2. The van der Waals surface area contributed by atoms with E-state index >= 15 is 0 Å². The third-order valence-corrected chi connectivity index (χ3v) is 5.05. The fourth-order valence-electron chi connectivity index (χ4n) is 3.34. The van der Waals surface area contributed by atoms with E-state index in [1.165, 1.54) is 0 Å². The summed E-state index contributed by atoms with van der Waals surface area (Å²) < 4.78 is 10.6. The van der Waals surface area contributed by atoms with E-state index in [1.807, 2.05) is 18.2 Å². The number of nitrogens with one attached hydrogen (secondary N) is 2. The molecular formula is C20H34IN5O3. The smallest absolute Gasteiger partial charge is 0.220 e. The number of halogens is 1. The van der Waals surface area contributed by atoms with Crippen LogP contribution in [-0.2, 0) is 4.79 Å². The van der Waals surface area contributed by atoms with Crippen LogP contribution in [0.4, 0.5) is 5.69 Å². The normalized spacial score (nSPS) is 15.3. The molecule has 0 atom stereocenters. The molecule has 1 fully saturated rings. The van der Waals surface area contributed by atoms with Gasteiger partial charge in [-0.2, -0.15) is 0 Å². The van der Waals surface area contributed by atoms with Crippen molar-refractivity contribution < 1.29 is 14.3 Å². The second kappa shape index (κ2) is 13.5. The molecule has 8 nitrogen and oxygen atoms in total. The molecule has 1 aliphatic heterocycles. The first-order chi connectivity index (χ1) is 13.6. The molecule has 1 heterocycles. The molecule has 0 saturated carbocycles. The Balaban J connectivity index is 0.00000420. The number of carbonyl (C=O) groups is 1. The standard InChI is InChI=1S/C20H33N5O3.HI/c1-22-20(24-16-6-7-17(27-2)18(14-16)28-3)23-10-4-5-11-25-12-8-15(9-13-25)19(21)26;/h6-7,14-15H,4-5,8-13H2,1-3H3,(H2,21,26)(H2,22,23,24);1H. The van der Waals surface area contributed by atoms with Crippen molar-refractivity contribution in [2.45, 2.75) is 25.7 Å². The summed E-state index contributed by atoms with van der Waals surface area (Å²) in [5.41, 5.74) is 6.26. The van der Waals surface area contributed by atoms with Gasteiger partial charge >= 0.3 is 0 Å². The number of benzene rings is 1. The quantitative estimate of drug-likeness (QED) is 0.200. The lowest BCUT2D eigenvalue weighted by Gasteiger charge is -2.30. The number of ether oxygens (including phenoxy) is 2. The Morgan fingerprint density at radius 2 is 1.90 bits per heavy atom. The minimum atomic E-state index is -0.155. The highest BCUT2D eigenvalue weighted by molar-refractivity contribution is 14.0. The predicted molar refractivity (Wildman–Crippen MR) is 128 cm³/mol. The van der Waals surface area contributed by atoms with Crippen molar-refractivity contribution in [2.24, 2.45) is 16.6 Å². The van der Waals surface area contributed by atoms with Gasteiger partial charge in [0.25, 0.3) is 0 Å². The van der Waals surface area contributed by atoms with Crippen LogP contribution in [0.3, 0.4) is 0 Å². The monoisotopic (exact) mass is 519 g/mol. The molecule has 1 aromatic rings. The van der Waals surface area contributed by atoms with E-state index in [0.717, 1.165) is 63.5 Å². The van der Waals surface area contributed by atoms with Gasteiger partial charge in [-0.05, 0) is 57.5 Å². The number of unbranched alkanes of at least 4 members (excludes halogenated alkanes) is 1. The minimum Gasteiger partial charge on any atom is -0.493 e. The maximum absolute atomic E-state index is 11.2. The number of hydrogen-bond donors (Lipinski definition) is 3. The molecule has 0 radical (unpaired) electrons. The lowest BCUT2D eigenvalue weighted by Crippen LogP contribution is -2.39. The number of piperidine rings is 1. The summed E-state index contributed by atoms with van der Waals surface area (Å²) >= 11 is 0. The van der Waals surface area contributed by atoms with Gasteiger partial charge in [0.05, 0.1) is 14.2 Å². The number of carbonyl (C=O) groups excluding carboxylic acids is 1. The summed E-state index contributed by atoms with van der Waals surface area (Å²) in [7, 11) is 4.98. The zero-order valence-electron chi connectivity index (χ0n) is 17.6. The highest BCUT2D eigenvalue weighted by Crippen LogP contribution is 2.29.